The van der Waals surface area contributed by atoms with E-state index in [1.807, 2.05) is 45.0 Å². The van der Waals surface area contributed by atoms with Crippen molar-refractivity contribution in [1.82, 2.24) is 10.2 Å². The van der Waals surface area contributed by atoms with Gasteiger partial charge in [0.15, 0.2) is 0 Å². The second kappa shape index (κ2) is 11.7. The van der Waals surface area contributed by atoms with Crippen LogP contribution in [-0.2, 0) is 26.2 Å². The summed E-state index contributed by atoms with van der Waals surface area (Å²) in [6.45, 7) is 9.52. The van der Waals surface area contributed by atoms with Gasteiger partial charge in [-0.15, -0.1) is 0 Å². The number of halogens is 1. The lowest BCUT2D eigenvalue weighted by molar-refractivity contribution is -0.139. The Morgan fingerprint density at radius 2 is 1.68 bits per heavy atom. The summed E-state index contributed by atoms with van der Waals surface area (Å²) >= 11 is 6.04. The summed E-state index contributed by atoms with van der Waals surface area (Å²) in [7, 11) is -3.79. The fourth-order valence-electron chi connectivity index (χ4n) is 3.50. The molecule has 7 nitrogen and oxygen atoms in total. The smallest absolute Gasteiger partial charge is 0.244 e. The Kier molecular flexibility index (Phi) is 9.53. The van der Waals surface area contributed by atoms with E-state index in [-0.39, 0.29) is 18.4 Å². The van der Waals surface area contributed by atoms with Crippen molar-refractivity contribution in [3.05, 3.63) is 64.2 Å². The van der Waals surface area contributed by atoms with Crippen LogP contribution in [0, 0.1) is 19.8 Å². The lowest BCUT2D eigenvalue weighted by Gasteiger charge is -2.32. The summed E-state index contributed by atoms with van der Waals surface area (Å²) in [5.41, 5.74) is 2.85. The van der Waals surface area contributed by atoms with Gasteiger partial charge in [-0.05, 0) is 61.6 Å². The highest BCUT2D eigenvalue weighted by atomic mass is 35.5. The average molecular weight is 508 g/mol. The molecule has 0 heterocycles. The number of carbonyl (C=O) groups is 2. The van der Waals surface area contributed by atoms with Gasteiger partial charge >= 0.3 is 0 Å². The number of hydrogen-bond donors (Lipinski definition) is 1. The van der Waals surface area contributed by atoms with Crippen molar-refractivity contribution in [3.8, 4) is 0 Å². The molecule has 0 saturated heterocycles. The van der Waals surface area contributed by atoms with E-state index in [0.29, 0.717) is 22.8 Å². The minimum Gasteiger partial charge on any atom is -0.354 e. The van der Waals surface area contributed by atoms with E-state index < -0.39 is 28.5 Å². The highest BCUT2D eigenvalue weighted by Gasteiger charge is 2.30. The van der Waals surface area contributed by atoms with E-state index in [9.17, 15) is 18.0 Å². The van der Waals surface area contributed by atoms with Crippen molar-refractivity contribution in [2.75, 3.05) is 23.7 Å². The average Bonchev–Trinajstić information content (AvgIpc) is 2.74. The SMILES string of the molecule is Cc1ccccc1CN(C(=O)CN(c1ccc(Cl)cc1C)S(C)(=O)=O)[C@H](C)C(=O)NCC(C)C. The largest absolute Gasteiger partial charge is 0.354 e. The molecule has 1 atom stereocenters. The zero-order chi connectivity index (χ0) is 25.6. The Labute approximate surface area is 208 Å². The molecule has 0 fully saturated rings. The van der Waals surface area contributed by atoms with Crippen molar-refractivity contribution in [2.45, 2.75) is 47.2 Å². The molecule has 0 bridgehead atoms. The van der Waals surface area contributed by atoms with E-state index in [2.05, 4.69) is 5.32 Å². The quantitative estimate of drug-likeness (QED) is 0.528. The van der Waals surface area contributed by atoms with Gasteiger partial charge in [-0.1, -0.05) is 49.7 Å². The van der Waals surface area contributed by atoms with Crippen LogP contribution in [-0.4, -0.2) is 50.5 Å². The van der Waals surface area contributed by atoms with Gasteiger partial charge in [-0.2, -0.15) is 0 Å². The zero-order valence-corrected chi connectivity index (χ0v) is 22.2. The number of anilines is 1. The van der Waals surface area contributed by atoms with Crippen molar-refractivity contribution >= 4 is 39.1 Å². The van der Waals surface area contributed by atoms with Crippen LogP contribution in [0.25, 0.3) is 0 Å². The number of nitrogens with zero attached hydrogens (tertiary/aromatic N) is 2. The highest BCUT2D eigenvalue weighted by molar-refractivity contribution is 7.92. The standard InChI is InChI=1S/C25H34ClN3O4S/c1-17(2)14-27-25(31)20(5)28(15-21-10-8-7-9-18(21)3)24(30)16-29(34(6,32)33)23-12-11-22(26)13-19(23)4/h7-13,17,20H,14-16H2,1-6H3,(H,27,31)/t20-/m1/s1. The van der Waals surface area contributed by atoms with Gasteiger partial charge in [0, 0.05) is 18.1 Å². The zero-order valence-electron chi connectivity index (χ0n) is 20.6. The number of aryl methyl sites for hydroxylation is 2. The Morgan fingerprint density at radius 1 is 1.03 bits per heavy atom. The van der Waals surface area contributed by atoms with E-state index >= 15 is 0 Å². The van der Waals surface area contributed by atoms with Crippen molar-refractivity contribution in [3.63, 3.8) is 0 Å². The molecule has 0 unspecified atom stereocenters. The molecule has 0 aromatic heterocycles. The summed E-state index contributed by atoms with van der Waals surface area (Å²) in [6.07, 6.45) is 1.05. The third-order valence-corrected chi connectivity index (χ3v) is 6.92. The van der Waals surface area contributed by atoms with Crippen LogP contribution in [0.1, 0.15) is 37.5 Å². The predicted octanol–water partition coefficient (Wildman–Crippen LogP) is 3.91. The number of rotatable bonds is 10. The molecule has 2 rings (SSSR count). The molecule has 2 amide bonds. The summed E-state index contributed by atoms with van der Waals surface area (Å²) in [6, 6.07) is 11.6. The first-order valence-electron chi connectivity index (χ1n) is 11.2. The summed E-state index contributed by atoms with van der Waals surface area (Å²) in [5, 5.41) is 3.34. The van der Waals surface area contributed by atoms with Crippen LogP contribution >= 0.6 is 11.6 Å². The maximum Gasteiger partial charge on any atom is 0.244 e. The minimum atomic E-state index is -3.79. The second-order valence-electron chi connectivity index (χ2n) is 8.96. The first-order valence-corrected chi connectivity index (χ1v) is 13.4. The number of sulfonamides is 1. The molecule has 0 spiro atoms. The Hall–Kier alpha value is -2.58. The lowest BCUT2D eigenvalue weighted by Crippen LogP contribution is -2.51. The molecular formula is C25H34ClN3O4S. The Balaban J connectivity index is 2.41. The Morgan fingerprint density at radius 3 is 2.24 bits per heavy atom. The van der Waals surface area contributed by atoms with Gasteiger partial charge in [-0.25, -0.2) is 8.42 Å². The maximum atomic E-state index is 13.6. The fraction of sp³-hybridized carbons (Fsp3) is 0.440. The minimum absolute atomic E-state index is 0.180. The van der Waals surface area contributed by atoms with Crippen LogP contribution in [0.4, 0.5) is 5.69 Å². The van der Waals surface area contributed by atoms with Gasteiger partial charge < -0.3 is 10.2 Å². The molecule has 0 aliphatic heterocycles. The van der Waals surface area contributed by atoms with Gasteiger partial charge in [0.2, 0.25) is 21.8 Å². The number of hydrogen-bond acceptors (Lipinski definition) is 4. The van der Waals surface area contributed by atoms with Crippen molar-refractivity contribution in [1.29, 1.82) is 0 Å². The molecule has 0 radical (unpaired) electrons. The molecule has 2 aromatic rings. The molecule has 0 aliphatic carbocycles. The number of benzene rings is 2. The normalized spacial score (nSPS) is 12.4. The maximum absolute atomic E-state index is 13.6. The highest BCUT2D eigenvalue weighted by Crippen LogP contribution is 2.26. The summed E-state index contributed by atoms with van der Waals surface area (Å²) < 4.78 is 26.4. The molecular weight excluding hydrogens is 474 g/mol. The molecule has 0 aliphatic rings. The molecule has 9 heteroatoms. The first kappa shape index (κ1) is 27.7. The first-order chi connectivity index (χ1) is 15.8. The number of amides is 2. The number of nitrogens with one attached hydrogen (secondary N) is 1. The van der Waals surface area contributed by atoms with Crippen LogP contribution < -0.4 is 9.62 Å². The van der Waals surface area contributed by atoms with E-state index in [0.717, 1.165) is 21.7 Å². The molecule has 34 heavy (non-hydrogen) atoms. The molecule has 0 saturated carbocycles. The topological polar surface area (TPSA) is 86.8 Å². The van der Waals surface area contributed by atoms with E-state index in [1.54, 1.807) is 32.0 Å². The van der Waals surface area contributed by atoms with E-state index in [4.69, 9.17) is 11.6 Å². The van der Waals surface area contributed by atoms with Gasteiger partial charge in [-0.3, -0.25) is 13.9 Å². The van der Waals surface area contributed by atoms with Crippen LogP contribution in [0.15, 0.2) is 42.5 Å². The fourth-order valence-corrected chi connectivity index (χ4v) is 4.63. The second-order valence-corrected chi connectivity index (χ2v) is 11.3. The van der Waals surface area contributed by atoms with Gasteiger partial charge in [0.1, 0.15) is 12.6 Å². The number of carbonyl (C=O) groups excluding carboxylic acids is 2. The van der Waals surface area contributed by atoms with Crippen LogP contribution in [0.3, 0.4) is 0 Å². The third-order valence-electron chi connectivity index (χ3n) is 5.56. The Bertz CT molecular complexity index is 1130. The lowest BCUT2D eigenvalue weighted by atomic mass is 10.1. The van der Waals surface area contributed by atoms with Crippen molar-refractivity contribution in [2.24, 2.45) is 5.92 Å². The van der Waals surface area contributed by atoms with Gasteiger partial charge in [0.25, 0.3) is 0 Å². The van der Waals surface area contributed by atoms with Crippen molar-refractivity contribution < 1.29 is 18.0 Å². The van der Waals surface area contributed by atoms with E-state index in [1.165, 1.54) is 4.90 Å². The predicted molar refractivity (Wildman–Crippen MR) is 137 cm³/mol. The summed E-state index contributed by atoms with van der Waals surface area (Å²) in [4.78, 5) is 27.9. The molecule has 2 aromatic carbocycles. The summed E-state index contributed by atoms with van der Waals surface area (Å²) in [5.74, 6) is -0.510. The molecule has 186 valence electrons. The van der Waals surface area contributed by atoms with Gasteiger partial charge in [0.05, 0.1) is 11.9 Å². The molecule has 1 N–H and O–H groups in total. The van der Waals surface area contributed by atoms with Crippen LogP contribution in [0.5, 0.6) is 0 Å². The van der Waals surface area contributed by atoms with Crippen LogP contribution in [0.2, 0.25) is 5.02 Å². The third kappa shape index (κ3) is 7.46. The monoisotopic (exact) mass is 507 g/mol.